The molecule has 5 heteroatoms. The van der Waals surface area contributed by atoms with Crippen molar-refractivity contribution in [2.24, 2.45) is 5.92 Å². The van der Waals surface area contributed by atoms with Gasteiger partial charge in [-0.15, -0.1) is 0 Å². The van der Waals surface area contributed by atoms with Crippen molar-refractivity contribution in [2.75, 3.05) is 44.7 Å². The number of halogens is 1. The van der Waals surface area contributed by atoms with E-state index in [1.165, 1.54) is 18.9 Å². The van der Waals surface area contributed by atoms with Gasteiger partial charge in [0.15, 0.2) is 0 Å². The zero-order valence-corrected chi connectivity index (χ0v) is 13.0. The van der Waals surface area contributed by atoms with E-state index in [1.54, 1.807) is 6.07 Å². The van der Waals surface area contributed by atoms with Gasteiger partial charge in [0.05, 0.1) is 18.4 Å². The van der Waals surface area contributed by atoms with E-state index in [2.05, 4.69) is 16.8 Å². The van der Waals surface area contributed by atoms with Crippen LogP contribution in [0.4, 0.5) is 10.1 Å². The number of nitriles is 1. The fraction of sp³-hybridized carbons (Fsp3) is 0.588. The third kappa shape index (κ3) is 3.57. The van der Waals surface area contributed by atoms with Crippen LogP contribution < -0.4 is 4.90 Å². The maximum Gasteiger partial charge on any atom is 0.143 e. The summed E-state index contributed by atoms with van der Waals surface area (Å²) in [4.78, 5) is 4.39. The molecule has 1 heterocycles. The molecule has 0 bridgehead atoms. The number of morpholine rings is 1. The predicted octanol–water partition coefficient (Wildman–Crippen LogP) is 2.24. The van der Waals surface area contributed by atoms with Crippen LogP contribution in [0, 0.1) is 23.1 Å². The first kappa shape index (κ1) is 15.3. The summed E-state index contributed by atoms with van der Waals surface area (Å²) in [6.07, 6.45) is 2.79. The molecule has 1 aliphatic carbocycles. The first-order valence-electron chi connectivity index (χ1n) is 7.91. The van der Waals surface area contributed by atoms with Gasteiger partial charge in [-0.25, -0.2) is 4.39 Å². The molecule has 1 aromatic carbocycles. The number of benzene rings is 1. The van der Waals surface area contributed by atoms with Crippen LogP contribution in [0.25, 0.3) is 0 Å². The molecule has 1 atom stereocenters. The third-order valence-electron chi connectivity index (χ3n) is 4.36. The van der Waals surface area contributed by atoms with E-state index in [-0.39, 0.29) is 11.7 Å². The van der Waals surface area contributed by atoms with Gasteiger partial charge >= 0.3 is 0 Å². The monoisotopic (exact) mass is 303 g/mol. The minimum absolute atomic E-state index is 0.104. The molecule has 0 unspecified atom stereocenters. The number of ether oxygens (including phenoxy) is 1. The minimum Gasteiger partial charge on any atom is -0.373 e. The van der Waals surface area contributed by atoms with Gasteiger partial charge in [-0.1, -0.05) is 6.07 Å². The topological polar surface area (TPSA) is 39.5 Å². The van der Waals surface area contributed by atoms with Crippen LogP contribution in [0.2, 0.25) is 0 Å². The van der Waals surface area contributed by atoms with E-state index >= 15 is 0 Å². The highest BCUT2D eigenvalue weighted by Gasteiger charge is 2.27. The molecule has 4 nitrogen and oxygen atoms in total. The molecule has 2 aliphatic rings. The quantitative estimate of drug-likeness (QED) is 0.836. The Morgan fingerprint density at radius 2 is 2.23 bits per heavy atom. The van der Waals surface area contributed by atoms with Crippen LogP contribution in [0.3, 0.4) is 0 Å². The average molecular weight is 303 g/mol. The fourth-order valence-electron chi connectivity index (χ4n) is 3.10. The second-order valence-corrected chi connectivity index (χ2v) is 6.35. The molecule has 1 saturated carbocycles. The van der Waals surface area contributed by atoms with Crippen LogP contribution in [0.15, 0.2) is 18.2 Å². The van der Waals surface area contributed by atoms with Crippen molar-refractivity contribution >= 4 is 5.69 Å². The molecule has 3 rings (SSSR count). The Morgan fingerprint density at radius 3 is 2.95 bits per heavy atom. The molecule has 0 amide bonds. The first-order chi connectivity index (χ1) is 10.7. The zero-order chi connectivity index (χ0) is 15.5. The number of hydrogen-bond acceptors (Lipinski definition) is 4. The van der Waals surface area contributed by atoms with Gasteiger partial charge in [0.25, 0.3) is 0 Å². The molecular formula is C17H22FN3O. The lowest BCUT2D eigenvalue weighted by Crippen LogP contribution is -2.47. The van der Waals surface area contributed by atoms with Crippen molar-refractivity contribution in [3.05, 3.63) is 29.6 Å². The van der Waals surface area contributed by atoms with E-state index in [4.69, 9.17) is 4.74 Å². The van der Waals surface area contributed by atoms with Gasteiger partial charge in [-0.2, -0.15) is 5.26 Å². The van der Waals surface area contributed by atoms with E-state index in [0.29, 0.717) is 25.4 Å². The van der Waals surface area contributed by atoms with Crippen LogP contribution in [0.1, 0.15) is 18.4 Å². The summed E-state index contributed by atoms with van der Waals surface area (Å²) in [6, 6.07) is 6.80. The lowest BCUT2D eigenvalue weighted by atomic mass is 10.1. The number of nitrogens with zero attached hydrogens (tertiary/aromatic N) is 3. The van der Waals surface area contributed by atoms with Gasteiger partial charge < -0.3 is 14.5 Å². The Balaban J connectivity index is 1.65. The SMILES string of the molecule is CN(CC1CC1)C[C@H]1CN(c2cccc(F)c2C#N)CCO1. The molecule has 0 radical (unpaired) electrons. The summed E-state index contributed by atoms with van der Waals surface area (Å²) in [6.45, 7) is 4.02. The molecule has 0 spiro atoms. The summed E-state index contributed by atoms with van der Waals surface area (Å²) in [5.74, 6) is 0.409. The van der Waals surface area contributed by atoms with Crippen LogP contribution >= 0.6 is 0 Å². The Morgan fingerprint density at radius 1 is 1.41 bits per heavy atom. The van der Waals surface area contributed by atoms with Gasteiger partial charge in [-0.3, -0.25) is 0 Å². The average Bonchev–Trinajstić information content (AvgIpc) is 3.31. The van der Waals surface area contributed by atoms with Crippen LogP contribution in [-0.4, -0.2) is 50.8 Å². The Kier molecular flexibility index (Phi) is 4.60. The maximum absolute atomic E-state index is 13.8. The fourth-order valence-corrected chi connectivity index (χ4v) is 3.10. The smallest absolute Gasteiger partial charge is 0.143 e. The zero-order valence-electron chi connectivity index (χ0n) is 13.0. The normalized spacial score (nSPS) is 21.9. The predicted molar refractivity (Wildman–Crippen MR) is 83.3 cm³/mol. The number of rotatable bonds is 5. The molecule has 1 saturated heterocycles. The third-order valence-corrected chi connectivity index (χ3v) is 4.36. The minimum atomic E-state index is -0.450. The molecular weight excluding hydrogens is 281 g/mol. The van der Waals surface area contributed by atoms with Crippen LogP contribution in [-0.2, 0) is 4.74 Å². The Bertz CT molecular complexity index is 568. The number of anilines is 1. The van der Waals surface area contributed by atoms with Crippen LogP contribution in [0.5, 0.6) is 0 Å². The van der Waals surface area contributed by atoms with Crippen molar-refractivity contribution in [1.29, 1.82) is 5.26 Å². The van der Waals surface area contributed by atoms with Gasteiger partial charge in [-0.05, 0) is 37.9 Å². The van der Waals surface area contributed by atoms with Crippen molar-refractivity contribution in [2.45, 2.75) is 18.9 Å². The lowest BCUT2D eigenvalue weighted by Gasteiger charge is -2.36. The first-order valence-corrected chi connectivity index (χ1v) is 7.91. The number of hydrogen-bond donors (Lipinski definition) is 0. The molecule has 22 heavy (non-hydrogen) atoms. The van der Waals surface area contributed by atoms with Gasteiger partial charge in [0.1, 0.15) is 17.4 Å². The molecule has 2 fully saturated rings. The molecule has 1 aliphatic heterocycles. The van der Waals surface area contributed by atoms with Crippen molar-refractivity contribution in [1.82, 2.24) is 4.90 Å². The highest BCUT2D eigenvalue weighted by Crippen LogP contribution is 2.29. The van der Waals surface area contributed by atoms with E-state index in [9.17, 15) is 9.65 Å². The molecule has 0 aromatic heterocycles. The Hall–Kier alpha value is -1.64. The second kappa shape index (κ2) is 6.64. The summed E-state index contributed by atoms with van der Waals surface area (Å²) in [7, 11) is 2.13. The Labute approximate surface area is 131 Å². The highest BCUT2D eigenvalue weighted by atomic mass is 19.1. The lowest BCUT2D eigenvalue weighted by molar-refractivity contribution is 0.0199. The summed E-state index contributed by atoms with van der Waals surface area (Å²) in [5, 5.41) is 9.19. The summed E-state index contributed by atoms with van der Waals surface area (Å²) >= 11 is 0. The summed E-state index contributed by atoms with van der Waals surface area (Å²) in [5.41, 5.74) is 0.815. The maximum atomic E-state index is 13.8. The van der Waals surface area contributed by atoms with E-state index < -0.39 is 5.82 Å². The standard InChI is InChI=1S/C17H22FN3O/c1-20(10-13-5-6-13)11-14-12-21(7-8-22-14)17-4-2-3-16(18)15(17)9-19/h2-4,13-14H,5-8,10-12H2,1H3/t14-/m0/s1. The van der Waals surface area contributed by atoms with Crippen molar-refractivity contribution in [3.8, 4) is 6.07 Å². The molecule has 1 aromatic rings. The second-order valence-electron chi connectivity index (χ2n) is 6.35. The van der Waals surface area contributed by atoms with E-state index in [1.807, 2.05) is 12.1 Å². The van der Waals surface area contributed by atoms with E-state index in [0.717, 1.165) is 19.0 Å². The largest absolute Gasteiger partial charge is 0.373 e. The van der Waals surface area contributed by atoms with Crippen molar-refractivity contribution in [3.63, 3.8) is 0 Å². The van der Waals surface area contributed by atoms with Gasteiger partial charge in [0.2, 0.25) is 0 Å². The summed E-state index contributed by atoms with van der Waals surface area (Å²) < 4.78 is 19.6. The van der Waals surface area contributed by atoms with Gasteiger partial charge in [0, 0.05) is 26.2 Å². The highest BCUT2D eigenvalue weighted by molar-refractivity contribution is 5.60. The van der Waals surface area contributed by atoms with Crippen molar-refractivity contribution < 1.29 is 9.13 Å². The number of likely N-dealkylation sites (N-methyl/N-ethyl adjacent to an activating group) is 1. The molecule has 0 N–H and O–H groups in total. The molecule has 118 valence electrons.